The van der Waals surface area contributed by atoms with Crippen LogP contribution in [0.5, 0.6) is 11.5 Å². The highest BCUT2D eigenvalue weighted by Crippen LogP contribution is 2.32. The lowest BCUT2D eigenvalue weighted by atomic mass is 10.0. The zero-order chi connectivity index (χ0) is 19.9. The summed E-state index contributed by atoms with van der Waals surface area (Å²) in [5.74, 6) is 0.309. The molecule has 0 spiro atoms. The van der Waals surface area contributed by atoms with E-state index in [2.05, 4.69) is 10.2 Å². The second kappa shape index (κ2) is 9.75. The number of carbonyl (C=O) groups is 2. The van der Waals surface area contributed by atoms with Crippen molar-refractivity contribution in [3.8, 4) is 11.5 Å². The first-order chi connectivity index (χ1) is 13.6. The lowest BCUT2D eigenvalue weighted by molar-refractivity contribution is -0.145. The van der Waals surface area contributed by atoms with Crippen molar-refractivity contribution in [2.24, 2.45) is 0 Å². The van der Waals surface area contributed by atoms with Gasteiger partial charge in [-0.15, -0.1) is 0 Å². The van der Waals surface area contributed by atoms with Gasteiger partial charge in [-0.2, -0.15) is 0 Å². The molecule has 0 bridgehead atoms. The first kappa shape index (κ1) is 20.4. The Hall–Kier alpha value is -2.32. The van der Waals surface area contributed by atoms with Crippen molar-refractivity contribution < 1.29 is 23.8 Å². The van der Waals surface area contributed by atoms with E-state index in [1.165, 1.54) is 0 Å². The van der Waals surface area contributed by atoms with Crippen LogP contribution >= 0.6 is 0 Å². The number of nitrogens with zero attached hydrogens (tertiary/aromatic N) is 2. The first-order valence-electron chi connectivity index (χ1n) is 9.75. The number of amides is 2. The summed E-state index contributed by atoms with van der Waals surface area (Å²) in [5.41, 5.74) is 0.994. The average Bonchev–Trinajstić information content (AvgIpc) is 3.28. The molecule has 1 atom stereocenters. The van der Waals surface area contributed by atoms with Crippen molar-refractivity contribution in [3.63, 3.8) is 0 Å². The topological polar surface area (TPSA) is 80.3 Å². The molecule has 0 saturated carbocycles. The van der Waals surface area contributed by atoms with E-state index < -0.39 is 11.8 Å². The Morgan fingerprint density at radius 1 is 1.07 bits per heavy atom. The van der Waals surface area contributed by atoms with Gasteiger partial charge in [0, 0.05) is 32.7 Å². The van der Waals surface area contributed by atoms with Gasteiger partial charge in [0.15, 0.2) is 11.5 Å². The van der Waals surface area contributed by atoms with Crippen LogP contribution in [-0.4, -0.2) is 81.8 Å². The molecule has 8 heteroatoms. The zero-order valence-electron chi connectivity index (χ0n) is 16.6. The van der Waals surface area contributed by atoms with Crippen molar-refractivity contribution in [1.82, 2.24) is 15.1 Å². The fourth-order valence-electron chi connectivity index (χ4n) is 3.74. The van der Waals surface area contributed by atoms with E-state index in [-0.39, 0.29) is 6.04 Å². The maximum atomic E-state index is 12.4. The molecule has 2 heterocycles. The molecule has 154 valence electrons. The van der Waals surface area contributed by atoms with Crippen LogP contribution in [0, 0.1) is 0 Å². The third-order valence-corrected chi connectivity index (χ3v) is 5.32. The number of likely N-dealkylation sites (tertiary alicyclic amines) is 1. The number of benzene rings is 1. The molecule has 1 N–H and O–H groups in total. The van der Waals surface area contributed by atoms with Crippen molar-refractivity contribution in [2.45, 2.75) is 18.9 Å². The van der Waals surface area contributed by atoms with Gasteiger partial charge in [-0.25, -0.2) is 0 Å². The summed E-state index contributed by atoms with van der Waals surface area (Å²) in [6.45, 7) is 4.47. The Labute approximate surface area is 165 Å². The Morgan fingerprint density at radius 3 is 2.39 bits per heavy atom. The highest BCUT2D eigenvalue weighted by molar-refractivity contribution is 6.35. The second-order valence-electron chi connectivity index (χ2n) is 6.99. The van der Waals surface area contributed by atoms with E-state index in [9.17, 15) is 9.59 Å². The van der Waals surface area contributed by atoms with Gasteiger partial charge in [-0.05, 0) is 30.5 Å². The fourth-order valence-corrected chi connectivity index (χ4v) is 3.74. The molecule has 28 heavy (non-hydrogen) atoms. The molecule has 0 unspecified atom stereocenters. The molecule has 3 rings (SSSR count). The Bertz CT molecular complexity index is 684. The van der Waals surface area contributed by atoms with Crippen molar-refractivity contribution in [3.05, 3.63) is 23.8 Å². The molecule has 1 aromatic rings. The molecule has 0 aromatic heterocycles. The molecule has 8 nitrogen and oxygen atoms in total. The summed E-state index contributed by atoms with van der Waals surface area (Å²) in [7, 11) is 3.20. The van der Waals surface area contributed by atoms with Crippen LogP contribution in [0.2, 0.25) is 0 Å². The number of methoxy groups -OCH3 is 2. The van der Waals surface area contributed by atoms with Gasteiger partial charge in [0.2, 0.25) is 0 Å². The smallest absolute Gasteiger partial charge is 0.311 e. The number of morpholine rings is 1. The summed E-state index contributed by atoms with van der Waals surface area (Å²) in [6, 6.07) is 5.67. The van der Waals surface area contributed by atoms with Crippen LogP contribution in [-0.2, 0) is 14.3 Å². The Kier molecular flexibility index (Phi) is 7.11. The summed E-state index contributed by atoms with van der Waals surface area (Å²) in [4.78, 5) is 28.6. The maximum Gasteiger partial charge on any atom is 0.311 e. The number of rotatable bonds is 6. The maximum absolute atomic E-state index is 12.4. The lowest BCUT2D eigenvalue weighted by Crippen LogP contribution is -2.47. The zero-order valence-corrected chi connectivity index (χ0v) is 16.6. The molecule has 2 amide bonds. The monoisotopic (exact) mass is 391 g/mol. The molecule has 2 aliphatic rings. The third-order valence-electron chi connectivity index (χ3n) is 5.32. The van der Waals surface area contributed by atoms with Gasteiger partial charge < -0.3 is 24.4 Å². The molecule has 2 saturated heterocycles. The SMILES string of the molecule is COc1ccc([C@H](CNC(=O)C(=O)N2CCCC2)N2CCOCC2)cc1OC. The van der Waals surface area contributed by atoms with E-state index in [0.29, 0.717) is 44.3 Å². The van der Waals surface area contributed by atoms with Gasteiger partial charge in [0.25, 0.3) is 0 Å². The molecule has 2 aliphatic heterocycles. The van der Waals surface area contributed by atoms with Crippen molar-refractivity contribution >= 4 is 11.8 Å². The number of nitrogens with one attached hydrogen (secondary N) is 1. The fraction of sp³-hybridized carbons (Fsp3) is 0.600. The van der Waals surface area contributed by atoms with Crippen LogP contribution in [0.1, 0.15) is 24.4 Å². The number of hydrogen-bond donors (Lipinski definition) is 1. The minimum absolute atomic E-state index is 0.0842. The lowest BCUT2D eigenvalue weighted by Gasteiger charge is -2.35. The van der Waals surface area contributed by atoms with Gasteiger partial charge >= 0.3 is 11.8 Å². The third kappa shape index (κ3) is 4.74. The molecule has 0 radical (unpaired) electrons. The first-order valence-corrected chi connectivity index (χ1v) is 9.75. The van der Waals surface area contributed by atoms with Crippen LogP contribution in [0.3, 0.4) is 0 Å². The minimum atomic E-state index is -0.541. The van der Waals surface area contributed by atoms with Crippen LogP contribution in [0.15, 0.2) is 18.2 Å². The predicted molar refractivity (Wildman–Crippen MR) is 104 cm³/mol. The van der Waals surface area contributed by atoms with Gasteiger partial charge in [-0.3, -0.25) is 14.5 Å². The van der Waals surface area contributed by atoms with Crippen molar-refractivity contribution in [2.75, 3.05) is 60.2 Å². The van der Waals surface area contributed by atoms with E-state index >= 15 is 0 Å². The van der Waals surface area contributed by atoms with Gasteiger partial charge in [-0.1, -0.05) is 6.07 Å². The second-order valence-corrected chi connectivity index (χ2v) is 6.99. The number of ether oxygens (including phenoxy) is 3. The molecule has 2 fully saturated rings. The van der Waals surface area contributed by atoms with Crippen LogP contribution < -0.4 is 14.8 Å². The molecule has 1 aromatic carbocycles. The van der Waals surface area contributed by atoms with Crippen LogP contribution in [0.25, 0.3) is 0 Å². The standard InChI is InChI=1S/C20H29N3O5/c1-26-17-6-5-15(13-18(17)27-2)16(22-9-11-28-12-10-22)14-21-19(24)20(25)23-7-3-4-8-23/h5-6,13,16H,3-4,7-12,14H2,1-2H3,(H,21,24)/t16-/m0/s1. The summed E-state index contributed by atoms with van der Waals surface area (Å²) in [6.07, 6.45) is 1.92. The van der Waals surface area contributed by atoms with Gasteiger partial charge in [0.1, 0.15) is 0 Å². The average molecular weight is 391 g/mol. The number of carbonyl (C=O) groups excluding carboxylic acids is 2. The molecular weight excluding hydrogens is 362 g/mol. The van der Waals surface area contributed by atoms with E-state index in [1.807, 2.05) is 18.2 Å². The normalized spacial score (nSPS) is 18.6. The highest BCUT2D eigenvalue weighted by Gasteiger charge is 2.28. The van der Waals surface area contributed by atoms with Crippen LogP contribution in [0.4, 0.5) is 0 Å². The minimum Gasteiger partial charge on any atom is -0.493 e. The van der Waals surface area contributed by atoms with Crippen molar-refractivity contribution in [1.29, 1.82) is 0 Å². The van der Waals surface area contributed by atoms with E-state index in [0.717, 1.165) is 31.5 Å². The summed E-state index contributed by atoms with van der Waals surface area (Å²) >= 11 is 0. The molecule has 0 aliphatic carbocycles. The number of hydrogen-bond acceptors (Lipinski definition) is 6. The Morgan fingerprint density at radius 2 is 1.75 bits per heavy atom. The van der Waals surface area contributed by atoms with E-state index in [4.69, 9.17) is 14.2 Å². The highest BCUT2D eigenvalue weighted by atomic mass is 16.5. The molecular formula is C20H29N3O5. The Balaban J connectivity index is 1.73. The largest absolute Gasteiger partial charge is 0.493 e. The van der Waals surface area contributed by atoms with E-state index in [1.54, 1.807) is 19.1 Å². The van der Waals surface area contributed by atoms with Gasteiger partial charge in [0.05, 0.1) is 33.5 Å². The summed E-state index contributed by atoms with van der Waals surface area (Å²) < 4.78 is 16.2. The predicted octanol–water partition coefficient (Wildman–Crippen LogP) is 0.816. The summed E-state index contributed by atoms with van der Waals surface area (Å²) in [5, 5.41) is 2.84. The quantitative estimate of drug-likeness (QED) is 0.723.